The minimum absolute atomic E-state index is 0.381. The number of rotatable bonds is 5. The van der Waals surface area contributed by atoms with E-state index in [2.05, 4.69) is 140 Å². The Kier molecular flexibility index (Phi) is 7.54. The van der Waals surface area contributed by atoms with Gasteiger partial charge in [-0.25, -0.2) is 4.99 Å². The number of thiophene rings is 1. The Morgan fingerprint density at radius 3 is 2.09 bits per heavy atom. The van der Waals surface area contributed by atoms with Crippen molar-refractivity contribution in [3.05, 3.63) is 193 Å². The number of nitrogens with two attached hydrogens (primary N) is 1. The van der Waals surface area contributed by atoms with Crippen LogP contribution in [0.1, 0.15) is 16.7 Å². The van der Waals surface area contributed by atoms with Crippen LogP contribution in [0.4, 0.5) is 0 Å². The largest absolute Gasteiger partial charge is 0.455 e. The lowest BCUT2D eigenvalue weighted by molar-refractivity contribution is 0.670. The highest BCUT2D eigenvalue weighted by atomic mass is 32.1. The first-order chi connectivity index (χ1) is 27.7. The molecule has 11 aromatic rings. The number of furan rings is 1. The Labute approximate surface area is 326 Å². The molecule has 5 heteroatoms. The summed E-state index contributed by atoms with van der Waals surface area (Å²) in [4.78, 5) is 10.2. The van der Waals surface area contributed by atoms with Crippen LogP contribution in [-0.2, 0) is 6.54 Å². The molecule has 2 heterocycles. The molecule has 0 atom stereocenters. The number of benzene rings is 9. The molecule has 0 aliphatic rings. The first-order valence-electron chi connectivity index (χ1n) is 18.8. The summed E-state index contributed by atoms with van der Waals surface area (Å²) in [7, 11) is 0. The molecule has 0 aliphatic heterocycles. The van der Waals surface area contributed by atoms with Crippen molar-refractivity contribution in [1.82, 2.24) is 0 Å². The van der Waals surface area contributed by atoms with Crippen LogP contribution in [0.2, 0.25) is 0 Å². The van der Waals surface area contributed by atoms with E-state index in [-0.39, 0.29) is 0 Å². The second kappa shape index (κ2) is 13.0. The normalized spacial score (nSPS) is 12.6. The average Bonchev–Trinajstić information content (AvgIpc) is 3.82. The maximum atomic E-state index is 7.07. The van der Waals surface area contributed by atoms with Crippen molar-refractivity contribution in [3.63, 3.8) is 0 Å². The molecule has 2 N–H and O–H groups in total. The lowest BCUT2D eigenvalue weighted by Crippen LogP contribution is -2.17. The molecule has 0 bridgehead atoms. The predicted octanol–water partition coefficient (Wildman–Crippen LogP) is 13.4. The molecule has 0 radical (unpaired) electrons. The van der Waals surface area contributed by atoms with Gasteiger partial charge >= 0.3 is 0 Å². The fourth-order valence-electron chi connectivity index (χ4n) is 8.27. The Bertz CT molecular complexity index is 3410. The summed E-state index contributed by atoms with van der Waals surface area (Å²) >= 11 is 1.84. The third-order valence-electron chi connectivity index (χ3n) is 10.9. The summed E-state index contributed by atoms with van der Waals surface area (Å²) < 4.78 is 9.31. The van der Waals surface area contributed by atoms with Crippen LogP contribution in [-0.4, -0.2) is 11.7 Å². The van der Waals surface area contributed by atoms with Crippen molar-refractivity contribution in [2.45, 2.75) is 6.54 Å². The number of amidine groups is 2. The highest BCUT2D eigenvalue weighted by molar-refractivity contribution is 7.26. The lowest BCUT2D eigenvalue weighted by atomic mass is 9.96. The molecule has 0 saturated carbocycles. The van der Waals surface area contributed by atoms with Crippen molar-refractivity contribution in [3.8, 4) is 11.1 Å². The predicted molar refractivity (Wildman–Crippen MR) is 238 cm³/mol. The van der Waals surface area contributed by atoms with E-state index in [0.29, 0.717) is 18.2 Å². The highest BCUT2D eigenvalue weighted by Gasteiger charge is 2.20. The maximum absolute atomic E-state index is 7.07. The molecule has 0 unspecified atom stereocenters. The Hall–Kier alpha value is -7.08. The summed E-state index contributed by atoms with van der Waals surface area (Å²) in [6, 6.07) is 61.7. The molecule has 2 aromatic heterocycles. The second-order valence-corrected chi connectivity index (χ2v) is 15.4. The zero-order chi connectivity index (χ0) is 37.2. The minimum Gasteiger partial charge on any atom is -0.455 e. The van der Waals surface area contributed by atoms with Crippen LogP contribution in [0.15, 0.2) is 190 Å². The van der Waals surface area contributed by atoms with Crippen molar-refractivity contribution >= 4 is 97.4 Å². The molecule has 0 amide bonds. The van der Waals surface area contributed by atoms with Gasteiger partial charge in [0.2, 0.25) is 0 Å². The summed E-state index contributed by atoms with van der Waals surface area (Å²) in [5, 5.41) is 11.6. The molecule has 0 saturated heterocycles. The zero-order valence-electron chi connectivity index (χ0n) is 30.2. The standard InChI is InChI=1S/C51H33N3OS/c52-50(54-51(53-30-31-11-2-1-3-12-31)36-26-25-33-24-23-32-13-6-7-16-37(32)42(33)28-36)41-20-9-21-44-47(41)40-19-8-18-39(49(40)55-44)38-17-10-22-45-48(38)43-27-34-14-4-5-15-35(34)29-46(43)56-45/h1-29H,30H2,(H2,52,53,54). The van der Waals surface area contributed by atoms with E-state index in [1.807, 2.05) is 47.7 Å². The Morgan fingerprint density at radius 2 is 1.21 bits per heavy atom. The molecule has 11 rings (SSSR count). The van der Waals surface area contributed by atoms with Gasteiger partial charge in [0.25, 0.3) is 0 Å². The third kappa shape index (κ3) is 5.36. The van der Waals surface area contributed by atoms with Crippen molar-refractivity contribution < 1.29 is 4.42 Å². The van der Waals surface area contributed by atoms with Crippen LogP contribution < -0.4 is 5.73 Å². The molecular formula is C51H33N3OS. The SMILES string of the molecule is N/C(=N\C(=N/Cc1ccccc1)c1ccc2ccc3ccccc3c2c1)c1cccc2oc3c(-c4cccc5sc6cc7ccccc7cc6c45)cccc3c12. The van der Waals surface area contributed by atoms with Gasteiger partial charge in [-0.2, -0.15) is 0 Å². The van der Waals surface area contributed by atoms with Gasteiger partial charge in [0.15, 0.2) is 5.84 Å². The maximum Gasteiger partial charge on any atom is 0.157 e. The van der Waals surface area contributed by atoms with E-state index < -0.39 is 0 Å². The highest BCUT2D eigenvalue weighted by Crippen LogP contribution is 2.45. The molecule has 4 nitrogen and oxygen atoms in total. The first-order valence-corrected chi connectivity index (χ1v) is 19.6. The quantitative estimate of drug-likeness (QED) is 0.109. The summed E-state index contributed by atoms with van der Waals surface area (Å²) in [6.45, 7) is 0.474. The van der Waals surface area contributed by atoms with Gasteiger partial charge in [0.1, 0.15) is 17.0 Å². The summed E-state index contributed by atoms with van der Waals surface area (Å²) in [5.41, 5.74) is 13.7. The molecule has 0 aliphatic carbocycles. The van der Waals surface area contributed by atoms with E-state index in [0.717, 1.165) is 60.5 Å². The number of hydrogen-bond donors (Lipinski definition) is 1. The number of hydrogen-bond acceptors (Lipinski definition) is 3. The molecular weight excluding hydrogens is 703 g/mol. The lowest BCUT2D eigenvalue weighted by Gasteiger charge is -2.09. The molecule has 0 fully saturated rings. The van der Waals surface area contributed by atoms with Crippen molar-refractivity contribution in [2.24, 2.45) is 15.7 Å². The molecule has 9 aromatic carbocycles. The van der Waals surface area contributed by atoms with E-state index in [1.54, 1.807) is 0 Å². The van der Waals surface area contributed by atoms with E-state index in [1.165, 1.54) is 41.7 Å². The molecule has 0 spiro atoms. The van der Waals surface area contributed by atoms with Gasteiger partial charge in [-0.05, 0) is 73.8 Å². The Balaban J connectivity index is 1.08. The average molecular weight is 736 g/mol. The zero-order valence-corrected chi connectivity index (χ0v) is 31.1. The number of nitrogens with zero attached hydrogens (tertiary/aromatic N) is 2. The van der Waals surface area contributed by atoms with Crippen LogP contribution in [0.5, 0.6) is 0 Å². The van der Waals surface area contributed by atoms with Gasteiger partial charge in [-0.1, -0.05) is 146 Å². The monoisotopic (exact) mass is 735 g/mol. The van der Waals surface area contributed by atoms with Crippen LogP contribution in [0.3, 0.4) is 0 Å². The van der Waals surface area contributed by atoms with Gasteiger partial charge in [-0.15, -0.1) is 11.3 Å². The van der Waals surface area contributed by atoms with E-state index >= 15 is 0 Å². The van der Waals surface area contributed by atoms with Gasteiger partial charge < -0.3 is 10.2 Å². The fraction of sp³-hybridized carbons (Fsp3) is 0.0196. The number of fused-ring (bicyclic) bond motifs is 10. The van der Waals surface area contributed by atoms with Gasteiger partial charge in [0, 0.05) is 47.6 Å². The van der Waals surface area contributed by atoms with Gasteiger partial charge in [-0.3, -0.25) is 4.99 Å². The minimum atomic E-state index is 0.381. The van der Waals surface area contributed by atoms with Crippen molar-refractivity contribution in [2.75, 3.05) is 0 Å². The van der Waals surface area contributed by atoms with E-state index in [4.69, 9.17) is 20.1 Å². The van der Waals surface area contributed by atoms with E-state index in [9.17, 15) is 0 Å². The summed E-state index contributed by atoms with van der Waals surface area (Å²) in [5.74, 6) is 0.960. The third-order valence-corrected chi connectivity index (χ3v) is 12.1. The number of aliphatic imine (C=N–C) groups is 2. The van der Waals surface area contributed by atoms with Crippen molar-refractivity contribution in [1.29, 1.82) is 0 Å². The van der Waals surface area contributed by atoms with Crippen LogP contribution >= 0.6 is 11.3 Å². The Morgan fingerprint density at radius 1 is 0.518 bits per heavy atom. The smallest absolute Gasteiger partial charge is 0.157 e. The fourth-order valence-corrected chi connectivity index (χ4v) is 9.43. The second-order valence-electron chi connectivity index (χ2n) is 14.3. The number of para-hydroxylation sites is 1. The topological polar surface area (TPSA) is 63.9 Å². The summed E-state index contributed by atoms with van der Waals surface area (Å²) in [6.07, 6.45) is 0. The molecule has 264 valence electrons. The first kappa shape index (κ1) is 32.4. The molecule has 56 heavy (non-hydrogen) atoms. The van der Waals surface area contributed by atoms with Gasteiger partial charge in [0.05, 0.1) is 6.54 Å². The van der Waals surface area contributed by atoms with Crippen LogP contribution in [0, 0.1) is 0 Å². The van der Waals surface area contributed by atoms with Crippen LogP contribution in [0.25, 0.3) is 85.6 Å².